The van der Waals surface area contributed by atoms with Crippen molar-refractivity contribution in [2.24, 2.45) is 0 Å². The molecule has 0 spiro atoms. The maximum Gasteiger partial charge on any atom is 0.184 e. The SMILES string of the molecule is CCc1cnc(C2COc3ccccc3O2)s1. The highest BCUT2D eigenvalue weighted by molar-refractivity contribution is 7.11. The molecule has 2 aromatic rings. The van der Waals surface area contributed by atoms with Crippen LogP contribution in [0.1, 0.15) is 22.9 Å². The summed E-state index contributed by atoms with van der Waals surface area (Å²) in [6.07, 6.45) is 2.86. The van der Waals surface area contributed by atoms with Gasteiger partial charge in [0.05, 0.1) is 0 Å². The van der Waals surface area contributed by atoms with Crippen molar-refractivity contribution in [3.8, 4) is 11.5 Å². The van der Waals surface area contributed by atoms with E-state index < -0.39 is 0 Å². The van der Waals surface area contributed by atoms with Crippen LogP contribution in [0.2, 0.25) is 0 Å². The van der Waals surface area contributed by atoms with Crippen molar-refractivity contribution in [2.45, 2.75) is 19.4 Å². The number of para-hydroxylation sites is 2. The monoisotopic (exact) mass is 247 g/mol. The van der Waals surface area contributed by atoms with E-state index in [9.17, 15) is 0 Å². The predicted molar refractivity (Wildman–Crippen MR) is 66.8 cm³/mol. The summed E-state index contributed by atoms with van der Waals surface area (Å²) in [5.74, 6) is 1.62. The van der Waals surface area contributed by atoms with Crippen molar-refractivity contribution in [1.29, 1.82) is 0 Å². The van der Waals surface area contributed by atoms with Crippen LogP contribution in [-0.2, 0) is 6.42 Å². The van der Waals surface area contributed by atoms with E-state index >= 15 is 0 Å². The molecule has 1 aliphatic heterocycles. The van der Waals surface area contributed by atoms with Crippen molar-refractivity contribution in [1.82, 2.24) is 4.98 Å². The summed E-state index contributed by atoms with van der Waals surface area (Å²) in [7, 11) is 0. The van der Waals surface area contributed by atoms with Gasteiger partial charge in [0, 0.05) is 11.1 Å². The van der Waals surface area contributed by atoms with Crippen LogP contribution in [-0.4, -0.2) is 11.6 Å². The molecule has 1 aromatic carbocycles. The molecule has 0 aliphatic carbocycles. The Morgan fingerprint density at radius 2 is 2.18 bits per heavy atom. The molecule has 3 nitrogen and oxygen atoms in total. The van der Waals surface area contributed by atoms with Crippen molar-refractivity contribution in [3.05, 3.63) is 40.3 Å². The van der Waals surface area contributed by atoms with Crippen LogP contribution < -0.4 is 9.47 Å². The van der Waals surface area contributed by atoms with Gasteiger partial charge < -0.3 is 9.47 Å². The Morgan fingerprint density at radius 1 is 1.35 bits per heavy atom. The largest absolute Gasteiger partial charge is 0.485 e. The van der Waals surface area contributed by atoms with Crippen LogP contribution in [0.4, 0.5) is 0 Å². The van der Waals surface area contributed by atoms with Crippen LogP contribution in [0, 0.1) is 0 Å². The van der Waals surface area contributed by atoms with E-state index in [0.717, 1.165) is 22.9 Å². The summed E-state index contributed by atoms with van der Waals surface area (Å²) in [4.78, 5) is 5.68. The molecule has 4 heteroatoms. The lowest BCUT2D eigenvalue weighted by Gasteiger charge is -2.24. The highest BCUT2D eigenvalue weighted by Crippen LogP contribution is 2.36. The first-order valence-corrected chi connectivity index (χ1v) is 6.51. The first-order valence-electron chi connectivity index (χ1n) is 5.70. The molecule has 1 aliphatic rings. The molecule has 0 saturated carbocycles. The minimum atomic E-state index is -0.0739. The number of hydrogen-bond acceptors (Lipinski definition) is 4. The summed E-state index contributed by atoms with van der Waals surface area (Å²) in [5, 5.41) is 0.997. The normalized spacial score (nSPS) is 18.1. The molecule has 0 N–H and O–H groups in total. The molecule has 1 atom stereocenters. The zero-order valence-corrected chi connectivity index (χ0v) is 10.4. The molecule has 3 rings (SSSR count). The third kappa shape index (κ3) is 2.00. The Bertz CT molecular complexity index is 524. The fraction of sp³-hybridized carbons (Fsp3) is 0.308. The number of ether oxygens (including phenoxy) is 2. The number of thiazole rings is 1. The average Bonchev–Trinajstić information content (AvgIpc) is 2.87. The third-order valence-corrected chi connectivity index (χ3v) is 3.94. The number of hydrogen-bond donors (Lipinski definition) is 0. The van der Waals surface area contributed by atoms with Crippen molar-refractivity contribution < 1.29 is 9.47 Å². The van der Waals surface area contributed by atoms with Gasteiger partial charge in [0.1, 0.15) is 11.6 Å². The minimum absolute atomic E-state index is 0.0739. The van der Waals surface area contributed by atoms with Gasteiger partial charge in [-0.25, -0.2) is 4.98 Å². The van der Waals surface area contributed by atoms with E-state index in [1.807, 2.05) is 30.5 Å². The summed E-state index contributed by atoms with van der Waals surface area (Å²) >= 11 is 1.70. The summed E-state index contributed by atoms with van der Waals surface area (Å²) in [6.45, 7) is 2.67. The first kappa shape index (κ1) is 10.6. The zero-order chi connectivity index (χ0) is 11.7. The summed E-state index contributed by atoms with van der Waals surface area (Å²) in [5.41, 5.74) is 0. The number of fused-ring (bicyclic) bond motifs is 1. The number of nitrogens with zero attached hydrogens (tertiary/aromatic N) is 1. The molecule has 0 saturated heterocycles. The number of rotatable bonds is 2. The molecule has 0 amide bonds. The standard InChI is InChI=1S/C13H13NO2S/c1-2-9-7-14-13(17-9)12-8-15-10-5-3-4-6-11(10)16-12/h3-7,12H,2,8H2,1H3. The van der Waals surface area contributed by atoms with Gasteiger partial charge in [0.15, 0.2) is 17.6 Å². The quantitative estimate of drug-likeness (QED) is 0.816. The fourth-order valence-electron chi connectivity index (χ4n) is 1.78. The lowest BCUT2D eigenvalue weighted by molar-refractivity contribution is 0.0911. The van der Waals surface area contributed by atoms with Gasteiger partial charge in [-0.2, -0.15) is 0 Å². The van der Waals surface area contributed by atoms with Crippen LogP contribution in [0.25, 0.3) is 0 Å². The van der Waals surface area contributed by atoms with E-state index in [1.54, 1.807) is 11.3 Å². The van der Waals surface area contributed by atoms with E-state index in [4.69, 9.17) is 9.47 Å². The molecular formula is C13H13NO2S. The second-order valence-electron chi connectivity index (χ2n) is 3.88. The van der Waals surface area contributed by atoms with Crippen LogP contribution in [0.3, 0.4) is 0 Å². The molecule has 1 unspecified atom stereocenters. The van der Waals surface area contributed by atoms with E-state index in [-0.39, 0.29) is 6.10 Å². The first-order chi connectivity index (χ1) is 8.36. The lowest BCUT2D eigenvalue weighted by atomic mass is 10.2. The maximum absolute atomic E-state index is 5.90. The Labute approximate surface area is 104 Å². The predicted octanol–water partition coefficient (Wildman–Crippen LogP) is 3.22. The van der Waals surface area contributed by atoms with Crippen molar-refractivity contribution in [2.75, 3.05) is 6.61 Å². The molecular weight excluding hydrogens is 234 g/mol. The summed E-state index contributed by atoms with van der Waals surface area (Å²) in [6, 6.07) is 7.74. The number of aryl methyl sites for hydroxylation is 1. The molecule has 2 heterocycles. The number of aromatic nitrogens is 1. The number of benzene rings is 1. The Hall–Kier alpha value is -1.55. The topological polar surface area (TPSA) is 31.4 Å². The van der Waals surface area contributed by atoms with E-state index in [0.29, 0.717) is 6.61 Å². The molecule has 1 aromatic heterocycles. The lowest BCUT2D eigenvalue weighted by Crippen LogP contribution is -2.21. The maximum atomic E-state index is 5.90. The Balaban J connectivity index is 1.84. The second kappa shape index (κ2) is 4.37. The molecule has 0 radical (unpaired) electrons. The smallest absolute Gasteiger partial charge is 0.184 e. The van der Waals surface area contributed by atoms with Gasteiger partial charge >= 0.3 is 0 Å². The van der Waals surface area contributed by atoms with Crippen molar-refractivity contribution in [3.63, 3.8) is 0 Å². The van der Waals surface area contributed by atoms with Gasteiger partial charge in [-0.3, -0.25) is 0 Å². The molecule has 0 bridgehead atoms. The van der Waals surface area contributed by atoms with Gasteiger partial charge in [-0.05, 0) is 18.6 Å². The second-order valence-corrected chi connectivity index (χ2v) is 5.03. The van der Waals surface area contributed by atoms with Gasteiger partial charge in [0.2, 0.25) is 0 Å². The Morgan fingerprint density at radius 3 is 2.94 bits per heavy atom. The molecule has 17 heavy (non-hydrogen) atoms. The van der Waals surface area contributed by atoms with Gasteiger partial charge in [-0.15, -0.1) is 11.3 Å². The van der Waals surface area contributed by atoms with E-state index in [1.165, 1.54) is 4.88 Å². The van der Waals surface area contributed by atoms with Crippen LogP contribution in [0.5, 0.6) is 11.5 Å². The summed E-state index contributed by atoms with van der Waals surface area (Å²) < 4.78 is 11.6. The van der Waals surface area contributed by atoms with Gasteiger partial charge in [-0.1, -0.05) is 19.1 Å². The Kier molecular flexibility index (Phi) is 2.73. The third-order valence-electron chi connectivity index (χ3n) is 2.70. The van der Waals surface area contributed by atoms with Gasteiger partial charge in [0.25, 0.3) is 0 Å². The van der Waals surface area contributed by atoms with Crippen LogP contribution in [0.15, 0.2) is 30.5 Å². The van der Waals surface area contributed by atoms with Crippen molar-refractivity contribution >= 4 is 11.3 Å². The fourth-order valence-corrected chi connectivity index (χ4v) is 2.65. The molecule has 0 fully saturated rings. The highest BCUT2D eigenvalue weighted by atomic mass is 32.1. The van der Waals surface area contributed by atoms with Crippen LogP contribution >= 0.6 is 11.3 Å². The zero-order valence-electron chi connectivity index (χ0n) is 9.55. The average molecular weight is 247 g/mol. The minimum Gasteiger partial charge on any atom is -0.485 e. The molecule has 88 valence electrons. The highest BCUT2D eigenvalue weighted by Gasteiger charge is 2.24. The van der Waals surface area contributed by atoms with E-state index in [2.05, 4.69) is 11.9 Å².